The van der Waals surface area contributed by atoms with Crippen molar-refractivity contribution in [1.82, 2.24) is 18.7 Å². The molecule has 10 nitrogen and oxygen atoms in total. The van der Waals surface area contributed by atoms with Gasteiger partial charge in [0, 0.05) is 26.7 Å². The summed E-state index contributed by atoms with van der Waals surface area (Å²) in [4.78, 5) is 28.5. The second-order valence-electron chi connectivity index (χ2n) is 5.49. The first kappa shape index (κ1) is 16.3. The molecule has 25 heavy (non-hydrogen) atoms. The van der Waals surface area contributed by atoms with Crippen molar-refractivity contribution in [3.63, 3.8) is 0 Å². The summed E-state index contributed by atoms with van der Waals surface area (Å²) < 4.78 is 3.76. The number of aromatic hydroxyl groups is 2. The van der Waals surface area contributed by atoms with Gasteiger partial charge in [0.05, 0.1) is 6.21 Å². The summed E-state index contributed by atoms with van der Waals surface area (Å²) in [7, 11) is 4.53. The summed E-state index contributed by atoms with van der Waals surface area (Å²) in [5.74, 6) is 0.175. The number of benzene rings is 1. The van der Waals surface area contributed by atoms with Crippen LogP contribution in [-0.4, -0.2) is 35.1 Å². The van der Waals surface area contributed by atoms with Crippen LogP contribution in [0.1, 0.15) is 5.56 Å². The predicted octanol–water partition coefficient (Wildman–Crippen LogP) is -0.172. The summed E-state index contributed by atoms with van der Waals surface area (Å²) in [6.07, 6.45) is 1.30. The highest BCUT2D eigenvalue weighted by atomic mass is 16.3. The van der Waals surface area contributed by atoms with E-state index >= 15 is 0 Å². The molecule has 0 unspecified atom stereocenters. The number of phenolic OH excluding ortho intramolecular Hbond substituents is 2. The molecular formula is C15H16N6O4. The topological polar surface area (TPSA) is 127 Å². The number of phenols is 2. The van der Waals surface area contributed by atoms with Gasteiger partial charge in [0.15, 0.2) is 11.2 Å². The average molecular weight is 344 g/mol. The maximum atomic E-state index is 12.3. The molecule has 3 aromatic rings. The summed E-state index contributed by atoms with van der Waals surface area (Å²) >= 11 is 0. The van der Waals surface area contributed by atoms with Gasteiger partial charge in [-0.1, -0.05) is 0 Å². The van der Waals surface area contributed by atoms with Crippen molar-refractivity contribution in [3.05, 3.63) is 44.6 Å². The number of nitrogens with zero attached hydrogens (tertiary/aromatic N) is 5. The van der Waals surface area contributed by atoms with Gasteiger partial charge in [-0.25, -0.2) is 10.2 Å². The summed E-state index contributed by atoms with van der Waals surface area (Å²) in [5, 5.41) is 23.1. The van der Waals surface area contributed by atoms with E-state index in [0.717, 1.165) is 4.57 Å². The van der Waals surface area contributed by atoms with E-state index in [2.05, 4.69) is 15.5 Å². The van der Waals surface area contributed by atoms with Crippen LogP contribution in [0.2, 0.25) is 0 Å². The molecule has 0 aliphatic rings. The lowest BCUT2D eigenvalue weighted by molar-refractivity contribution is 0.459. The van der Waals surface area contributed by atoms with Crippen molar-refractivity contribution in [3.8, 4) is 11.5 Å². The number of aromatic nitrogens is 4. The normalized spacial score (nSPS) is 11.5. The zero-order valence-electron chi connectivity index (χ0n) is 13.8. The molecule has 0 spiro atoms. The molecule has 0 radical (unpaired) electrons. The summed E-state index contributed by atoms with van der Waals surface area (Å²) in [6.45, 7) is 0. The number of anilines is 1. The van der Waals surface area contributed by atoms with Gasteiger partial charge in [-0.05, 0) is 18.2 Å². The molecule has 130 valence electrons. The highest BCUT2D eigenvalue weighted by Crippen LogP contribution is 2.20. The van der Waals surface area contributed by atoms with Crippen molar-refractivity contribution in [2.45, 2.75) is 0 Å². The fourth-order valence-corrected chi connectivity index (χ4v) is 2.42. The Hall–Kier alpha value is -3.56. The van der Waals surface area contributed by atoms with Gasteiger partial charge in [0.2, 0.25) is 5.95 Å². The summed E-state index contributed by atoms with van der Waals surface area (Å²) in [6, 6.07) is 4.03. The van der Waals surface area contributed by atoms with E-state index in [1.165, 1.54) is 47.6 Å². The van der Waals surface area contributed by atoms with Crippen LogP contribution in [0.25, 0.3) is 11.2 Å². The van der Waals surface area contributed by atoms with Crippen molar-refractivity contribution in [2.75, 3.05) is 5.43 Å². The van der Waals surface area contributed by atoms with Crippen LogP contribution in [0, 0.1) is 0 Å². The molecule has 0 fully saturated rings. The number of hydrogen-bond donors (Lipinski definition) is 3. The van der Waals surface area contributed by atoms with Gasteiger partial charge >= 0.3 is 5.69 Å². The average Bonchev–Trinajstić information content (AvgIpc) is 2.91. The van der Waals surface area contributed by atoms with E-state index in [9.17, 15) is 19.8 Å². The maximum Gasteiger partial charge on any atom is 0.332 e. The van der Waals surface area contributed by atoms with Crippen LogP contribution in [0.5, 0.6) is 11.5 Å². The summed E-state index contributed by atoms with van der Waals surface area (Å²) in [5.41, 5.74) is 2.50. The van der Waals surface area contributed by atoms with Crippen LogP contribution < -0.4 is 16.7 Å². The molecule has 2 heterocycles. The molecule has 0 saturated carbocycles. The second kappa shape index (κ2) is 5.82. The van der Waals surface area contributed by atoms with Crippen LogP contribution >= 0.6 is 0 Å². The van der Waals surface area contributed by atoms with Gasteiger partial charge < -0.3 is 14.8 Å². The second-order valence-corrected chi connectivity index (χ2v) is 5.49. The largest absolute Gasteiger partial charge is 0.508 e. The van der Waals surface area contributed by atoms with Crippen molar-refractivity contribution >= 4 is 23.3 Å². The number of aryl methyl sites for hydroxylation is 2. The van der Waals surface area contributed by atoms with E-state index in [1.54, 1.807) is 7.05 Å². The molecule has 3 N–H and O–H groups in total. The van der Waals surface area contributed by atoms with E-state index in [4.69, 9.17) is 0 Å². The fraction of sp³-hybridized carbons (Fsp3) is 0.200. The highest BCUT2D eigenvalue weighted by molar-refractivity contribution is 5.84. The molecular weight excluding hydrogens is 328 g/mol. The lowest BCUT2D eigenvalue weighted by Crippen LogP contribution is -2.37. The van der Waals surface area contributed by atoms with Gasteiger partial charge in [-0.2, -0.15) is 10.1 Å². The Morgan fingerprint density at radius 3 is 2.56 bits per heavy atom. The van der Waals surface area contributed by atoms with E-state index in [-0.39, 0.29) is 28.6 Å². The molecule has 10 heteroatoms. The third-order valence-corrected chi connectivity index (χ3v) is 3.85. The Labute approximate surface area is 140 Å². The maximum absolute atomic E-state index is 12.3. The number of hydrazone groups is 1. The minimum atomic E-state index is -0.477. The number of nitrogens with one attached hydrogen (secondary N) is 1. The minimum Gasteiger partial charge on any atom is -0.508 e. The fourth-order valence-electron chi connectivity index (χ4n) is 2.42. The monoisotopic (exact) mass is 344 g/mol. The molecule has 0 aliphatic carbocycles. The van der Waals surface area contributed by atoms with Crippen LogP contribution in [0.3, 0.4) is 0 Å². The van der Waals surface area contributed by atoms with Gasteiger partial charge in [-0.15, -0.1) is 0 Å². The molecule has 0 saturated heterocycles. The molecule has 2 aromatic heterocycles. The lowest BCUT2D eigenvalue weighted by atomic mass is 10.2. The number of fused-ring (bicyclic) bond motifs is 1. The molecule has 1 aromatic carbocycles. The Morgan fingerprint density at radius 2 is 1.84 bits per heavy atom. The number of imidazole rings is 1. The SMILES string of the molecule is Cn1c(=O)c2c(nc(NN=Cc3cc(O)ccc3O)n2C)n(C)c1=O. The molecule has 0 bridgehead atoms. The van der Waals surface area contributed by atoms with E-state index in [0.29, 0.717) is 5.56 Å². The van der Waals surface area contributed by atoms with E-state index in [1.807, 2.05) is 0 Å². The molecule has 0 amide bonds. The minimum absolute atomic E-state index is 0.0134. The third kappa shape index (κ3) is 2.63. The quantitative estimate of drug-likeness (QED) is 0.344. The Kier molecular flexibility index (Phi) is 3.79. The zero-order valence-corrected chi connectivity index (χ0v) is 13.8. The lowest BCUT2D eigenvalue weighted by Gasteiger charge is -2.03. The first-order valence-electron chi connectivity index (χ1n) is 7.24. The first-order chi connectivity index (χ1) is 11.8. The van der Waals surface area contributed by atoms with Gasteiger partial charge in [0.1, 0.15) is 11.5 Å². The number of rotatable bonds is 3. The smallest absolute Gasteiger partial charge is 0.332 e. The third-order valence-electron chi connectivity index (χ3n) is 3.85. The van der Waals surface area contributed by atoms with Crippen LogP contribution in [0.15, 0.2) is 32.9 Å². The highest BCUT2D eigenvalue weighted by Gasteiger charge is 2.16. The standard InChI is InChI=1S/C15H16N6O4/c1-19-11-12(20(2)15(25)21(3)13(11)24)17-14(19)18-16-7-8-6-9(22)4-5-10(8)23/h4-7,22-23H,1-3H3,(H,17,18). The Morgan fingerprint density at radius 1 is 1.12 bits per heavy atom. The van der Waals surface area contributed by atoms with Gasteiger partial charge in [0.25, 0.3) is 5.56 Å². The first-order valence-corrected chi connectivity index (χ1v) is 7.24. The van der Waals surface area contributed by atoms with Crippen LogP contribution in [0.4, 0.5) is 5.95 Å². The number of hydrogen-bond acceptors (Lipinski definition) is 7. The Balaban J connectivity index is 2.02. The molecule has 3 rings (SSSR count). The zero-order chi connectivity index (χ0) is 18.3. The van der Waals surface area contributed by atoms with Crippen molar-refractivity contribution in [2.24, 2.45) is 26.2 Å². The molecule has 0 aliphatic heterocycles. The molecule has 0 atom stereocenters. The van der Waals surface area contributed by atoms with Crippen molar-refractivity contribution < 1.29 is 10.2 Å². The Bertz CT molecular complexity index is 1120. The van der Waals surface area contributed by atoms with Crippen molar-refractivity contribution in [1.29, 1.82) is 0 Å². The van der Waals surface area contributed by atoms with E-state index < -0.39 is 11.2 Å². The van der Waals surface area contributed by atoms with Crippen LogP contribution in [-0.2, 0) is 21.1 Å². The predicted molar refractivity (Wildman–Crippen MR) is 92.2 cm³/mol. The van der Waals surface area contributed by atoms with Gasteiger partial charge in [-0.3, -0.25) is 13.9 Å².